The minimum absolute atomic E-state index is 0.481. The van der Waals surface area contributed by atoms with Gasteiger partial charge in [-0.2, -0.15) is 5.26 Å². The van der Waals surface area contributed by atoms with Gasteiger partial charge in [0.25, 0.3) is 0 Å². The topological polar surface area (TPSA) is 50.1 Å². The fourth-order valence-electron chi connectivity index (χ4n) is 2.63. The molecule has 2 rings (SSSR count). The largest absolute Gasteiger partial charge is 0.496 e. The molecule has 1 aromatic rings. The zero-order chi connectivity index (χ0) is 13.7. The zero-order valence-corrected chi connectivity index (χ0v) is 12.0. The van der Waals surface area contributed by atoms with E-state index >= 15 is 0 Å². The number of ether oxygens (including phenoxy) is 1. The van der Waals surface area contributed by atoms with Crippen LogP contribution in [0.2, 0.25) is 0 Å². The molecular formula is C15H19NO2S. The van der Waals surface area contributed by atoms with E-state index < -0.39 is 10.8 Å². The summed E-state index contributed by atoms with van der Waals surface area (Å²) in [7, 11) is 0.730. The predicted octanol–water partition coefficient (Wildman–Crippen LogP) is 3.01. The molecule has 0 spiro atoms. The summed E-state index contributed by atoms with van der Waals surface area (Å²) in [4.78, 5) is 0. The summed E-state index contributed by atoms with van der Waals surface area (Å²) in [5.41, 5.74) is 1.46. The molecule has 1 aliphatic carbocycles. The molecule has 0 bridgehead atoms. The van der Waals surface area contributed by atoms with Crippen LogP contribution in [0.3, 0.4) is 0 Å². The summed E-state index contributed by atoms with van der Waals surface area (Å²) in [6, 6.07) is 7.40. The molecule has 0 amide bonds. The quantitative estimate of drug-likeness (QED) is 0.831. The Balaban J connectivity index is 2.04. The lowest BCUT2D eigenvalue weighted by Gasteiger charge is -2.11. The first-order chi connectivity index (χ1) is 9.22. The number of nitriles is 1. The van der Waals surface area contributed by atoms with E-state index in [1.165, 1.54) is 25.7 Å². The highest BCUT2D eigenvalue weighted by Gasteiger charge is 2.18. The van der Waals surface area contributed by atoms with E-state index in [0.717, 1.165) is 17.1 Å². The van der Waals surface area contributed by atoms with Crippen molar-refractivity contribution in [2.45, 2.75) is 31.4 Å². The molecule has 0 aromatic heterocycles. The van der Waals surface area contributed by atoms with Gasteiger partial charge in [-0.1, -0.05) is 12.8 Å². The predicted molar refractivity (Wildman–Crippen MR) is 76.4 cm³/mol. The number of nitrogens with zero attached hydrogens (tertiary/aromatic N) is 1. The van der Waals surface area contributed by atoms with Gasteiger partial charge in [-0.05, 0) is 37.0 Å². The second-order valence-corrected chi connectivity index (χ2v) is 6.54. The fraction of sp³-hybridized carbons (Fsp3) is 0.533. The van der Waals surface area contributed by atoms with Crippen molar-refractivity contribution in [1.82, 2.24) is 0 Å². The van der Waals surface area contributed by atoms with Crippen LogP contribution in [0.1, 0.15) is 36.8 Å². The van der Waals surface area contributed by atoms with E-state index in [-0.39, 0.29) is 0 Å². The van der Waals surface area contributed by atoms with Gasteiger partial charge in [-0.25, -0.2) is 0 Å². The molecule has 0 aliphatic heterocycles. The minimum Gasteiger partial charge on any atom is -0.496 e. The monoisotopic (exact) mass is 277 g/mol. The summed E-state index contributed by atoms with van der Waals surface area (Å²) >= 11 is 0. The van der Waals surface area contributed by atoms with Gasteiger partial charge in [-0.3, -0.25) is 4.21 Å². The van der Waals surface area contributed by atoms with Crippen LogP contribution in [-0.2, 0) is 16.6 Å². The van der Waals surface area contributed by atoms with E-state index in [2.05, 4.69) is 6.07 Å². The molecule has 1 aromatic carbocycles. The van der Waals surface area contributed by atoms with Gasteiger partial charge >= 0.3 is 0 Å². The normalized spacial score (nSPS) is 17.1. The lowest BCUT2D eigenvalue weighted by molar-refractivity contribution is 0.411. The molecule has 1 aliphatic rings. The third kappa shape index (κ3) is 3.81. The number of benzene rings is 1. The Kier molecular flexibility index (Phi) is 4.98. The Labute approximate surface area is 117 Å². The van der Waals surface area contributed by atoms with Gasteiger partial charge in [0, 0.05) is 22.1 Å². The van der Waals surface area contributed by atoms with Crippen molar-refractivity contribution >= 4 is 10.8 Å². The van der Waals surface area contributed by atoms with Crippen molar-refractivity contribution < 1.29 is 8.95 Å². The van der Waals surface area contributed by atoms with E-state index in [1.54, 1.807) is 25.3 Å². The van der Waals surface area contributed by atoms with Crippen LogP contribution < -0.4 is 4.74 Å². The molecule has 0 N–H and O–H groups in total. The summed E-state index contributed by atoms with van der Waals surface area (Å²) in [6.07, 6.45) is 4.96. The molecule has 19 heavy (non-hydrogen) atoms. The van der Waals surface area contributed by atoms with Crippen molar-refractivity contribution in [1.29, 1.82) is 5.26 Å². The Hall–Kier alpha value is -1.34. The number of hydrogen-bond acceptors (Lipinski definition) is 3. The average molecular weight is 277 g/mol. The molecule has 0 radical (unpaired) electrons. The summed E-state index contributed by atoms with van der Waals surface area (Å²) in [6.45, 7) is 0. The van der Waals surface area contributed by atoms with Crippen LogP contribution in [-0.4, -0.2) is 17.1 Å². The maximum absolute atomic E-state index is 12.2. The number of rotatable bonds is 5. The highest BCUT2D eigenvalue weighted by atomic mass is 32.2. The fourth-order valence-corrected chi connectivity index (χ4v) is 4.18. The SMILES string of the molecule is COc1ccc(C#N)cc1CS(=O)CC1CCCC1. The van der Waals surface area contributed by atoms with Gasteiger partial charge in [0.05, 0.1) is 24.5 Å². The Morgan fingerprint density at radius 3 is 2.79 bits per heavy atom. The first kappa shape index (κ1) is 14.1. The van der Waals surface area contributed by atoms with Crippen LogP contribution in [0, 0.1) is 17.2 Å². The second kappa shape index (κ2) is 6.72. The van der Waals surface area contributed by atoms with E-state index in [4.69, 9.17) is 10.00 Å². The van der Waals surface area contributed by atoms with Crippen molar-refractivity contribution in [3.8, 4) is 11.8 Å². The van der Waals surface area contributed by atoms with E-state index in [9.17, 15) is 4.21 Å². The molecule has 3 nitrogen and oxygen atoms in total. The van der Waals surface area contributed by atoms with Crippen LogP contribution in [0.5, 0.6) is 5.75 Å². The van der Waals surface area contributed by atoms with Gasteiger partial charge in [0.1, 0.15) is 5.75 Å². The highest BCUT2D eigenvalue weighted by Crippen LogP contribution is 2.27. The Morgan fingerprint density at radius 2 is 2.16 bits per heavy atom. The maximum Gasteiger partial charge on any atom is 0.123 e. The average Bonchev–Trinajstić information content (AvgIpc) is 2.91. The smallest absolute Gasteiger partial charge is 0.123 e. The molecule has 0 saturated heterocycles. The summed E-state index contributed by atoms with van der Waals surface area (Å²) in [5, 5.41) is 8.92. The van der Waals surface area contributed by atoms with Crippen LogP contribution in [0.25, 0.3) is 0 Å². The van der Waals surface area contributed by atoms with Gasteiger partial charge in [0.2, 0.25) is 0 Å². The molecule has 1 unspecified atom stereocenters. The molecule has 1 fully saturated rings. The zero-order valence-electron chi connectivity index (χ0n) is 11.2. The van der Waals surface area contributed by atoms with Crippen LogP contribution >= 0.6 is 0 Å². The standard InChI is InChI=1S/C15H19NO2S/c1-18-15-7-6-13(9-16)8-14(15)11-19(17)10-12-4-2-3-5-12/h6-8,12H,2-5,10-11H2,1H3. The first-order valence-corrected chi connectivity index (χ1v) is 8.13. The van der Waals surface area contributed by atoms with Crippen molar-refractivity contribution in [2.75, 3.05) is 12.9 Å². The van der Waals surface area contributed by atoms with Gasteiger partial charge < -0.3 is 4.74 Å². The molecular weight excluding hydrogens is 258 g/mol. The number of methoxy groups -OCH3 is 1. The van der Waals surface area contributed by atoms with Crippen LogP contribution in [0.15, 0.2) is 18.2 Å². The lowest BCUT2D eigenvalue weighted by atomic mass is 10.1. The van der Waals surface area contributed by atoms with Gasteiger partial charge in [-0.15, -0.1) is 0 Å². The van der Waals surface area contributed by atoms with E-state index in [1.807, 2.05) is 0 Å². The summed E-state index contributed by atoms with van der Waals surface area (Å²) < 4.78 is 17.5. The van der Waals surface area contributed by atoms with Crippen molar-refractivity contribution in [3.05, 3.63) is 29.3 Å². The van der Waals surface area contributed by atoms with Crippen molar-refractivity contribution in [2.24, 2.45) is 5.92 Å². The molecule has 0 heterocycles. The number of hydrogen-bond donors (Lipinski definition) is 0. The highest BCUT2D eigenvalue weighted by molar-refractivity contribution is 7.84. The second-order valence-electron chi connectivity index (χ2n) is 5.04. The molecule has 4 heteroatoms. The minimum atomic E-state index is -0.872. The Morgan fingerprint density at radius 1 is 1.42 bits per heavy atom. The molecule has 102 valence electrons. The lowest BCUT2D eigenvalue weighted by Crippen LogP contribution is -2.10. The Bertz CT molecular complexity index is 501. The maximum atomic E-state index is 12.2. The molecule has 1 saturated carbocycles. The molecule has 1 atom stereocenters. The third-order valence-electron chi connectivity index (χ3n) is 3.62. The van der Waals surface area contributed by atoms with Gasteiger partial charge in [0.15, 0.2) is 0 Å². The first-order valence-electron chi connectivity index (χ1n) is 6.65. The van der Waals surface area contributed by atoms with E-state index in [0.29, 0.717) is 17.2 Å². The van der Waals surface area contributed by atoms with Crippen LogP contribution in [0.4, 0.5) is 0 Å². The van der Waals surface area contributed by atoms with Crippen molar-refractivity contribution in [3.63, 3.8) is 0 Å². The third-order valence-corrected chi connectivity index (χ3v) is 5.10. The summed E-state index contributed by atoms with van der Waals surface area (Å²) in [5.74, 6) is 2.60.